The average Bonchev–Trinajstić information content (AvgIpc) is 3.38. The first-order valence-electron chi connectivity index (χ1n) is 12.1. The van der Waals surface area contributed by atoms with Crippen LogP contribution in [0, 0.1) is 0 Å². The van der Waals surface area contributed by atoms with Gasteiger partial charge in [0.1, 0.15) is 5.54 Å². The van der Waals surface area contributed by atoms with Crippen molar-refractivity contribution in [3.05, 3.63) is 108 Å². The van der Waals surface area contributed by atoms with Gasteiger partial charge in [0.2, 0.25) is 0 Å². The summed E-state index contributed by atoms with van der Waals surface area (Å²) in [4.78, 5) is 30.9. The van der Waals surface area contributed by atoms with E-state index in [1.807, 2.05) is 66.7 Å². The van der Waals surface area contributed by atoms with Crippen molar-refractivity contribution >= 4 is 11.9 Å². The Hall–Kier alpha value is -3.44. The van der Waals surface area contributed by atoms with Gasteiger partial charge in [-0.05, 0) is 36.0 Å². The molecular weight excluding hydrogens is 422 g/mol. The van der Waals surface area contributed by atoms with E-state index in [0.29, 0.717) is 25.6 Å². The number of urea groups is 1. The molecule has 3 aromatic rings. The molecule has 0 spiro atoms. The van der Waals surface area contributed by atoms with E-state index in [2.05, 4.69) is 34.5 Å². The highest BCUT2D eigenvalue weighted by Crippen LogP contribution is 2.29. The molecule has 34 heavy (non-hydrogen) atoms. The van der Waals surface area contributed by atoms with Gasteiger partial charge in [-0.25, -0.2) is 9.69 Å². The van der Waals surface area contributed by atoms with Gasteiger partial charge >= 0.3 is 6.03 Å². The minimum atomic E-state index is -0.978. The first-order valence-corrected chi connectivity index (χ1v) is 12.1. The molecule has 5 rings (SSSR count). The first kappa shape index (κ1) is 22.4. The van der Waals surface area contributed by atoms with E-state index in [4.69, 9.17) is 0 Å². The molecule has 2 fully saturated rings. The van der Waals surface area contributed by atoms with E-state index in [0.717, 1.165) is 36.9 Å². The molecule has 1 N–H and O–H groups in total. The van der Waals surface area contributed by atoms with E-state index in [-0.39, 0.29) is 11.9 Å². The molecule has 5 heteroatoms. The topological polar surface area (TPSA) is 52.7 Å². The third-order valence-electron chi connectivity index (χ3n) is 7.08. The predicted molar refractivity (Wildman–Crippen MR) is 133 cm³/mol. The Balaban J connectivity index is 1.37. The van der Waals surface area contributed by atoms with Crippen LogP contribution in [0.25, 0.3) is 0 Å². The Labute approximate surface area is 201 Å². The number of hydrogen-bond donors (Lipinski definition) is 1. The lowest BCUT2D eigenvalue weighted by Crippen LogP contribution is -2.51. The average molecular weight is 454 g/mol. The van der Waals surface area contributed by atoms with Gasteiger partial charge in [-0.3, -0.25) is 9.69 Å². The van der Waals surface area contributed by atoms with Gasteiger partial charge in [0.05, 0.1) is 6.67 Å². The summed E-state index contributed by atoms with van der Waals surface area (Å²) in [6.45, 7) is 1.24. The zero-order valence-corrected chi connectivity index (χ0v) is 19.4. The Morgan fingerprint density at radius 1 is 0.765 bits per heavy atom. The highest BCUT2D eigenvalue weighted by atomic mass is 16.2. The second kappa shape index (κ2) is 9.82. The Morgan fingerprint density at radius 3 is 1.85 bits per heavy atom. The normalized spacial score (nSPS) is 20.0. The van der Waals surface area contributed by atoms with Crippen LogP contribution in [0.1, 0.15) is 29.5 Å². The van der Waals surface area contributed by atoms with Crippen LogP contribution in [-0.2, 0) is 24.1 Å². The van der Waals surface area contributed by atoms with Gasteiger partial charge in [-0.1, -0.05) is 91.0 Å². The molecule has 0 aliphatic carbocycles. The van der Waals surface area contributed by atoms with E-state index in [1.54, 1.807) is 0 Å². The molecule has 174 valence electrons. The lowest BCUT2D eigenvalue weighted by molar-refractivity contribution is -0.132. The van der Waals surface area contributed by atoms with E-state index in [9.17, 15) is 9.59 Å². The summed E-state index contributed by atoms with van der Waals surface area (Å²) in [6, 6.07) is 30.4. The molecule has 0 aromatic heterocycles. The maximum absolute atomic E-state index is 13.9. The van der Waals surface area contributed by atoms with Gasteiger partial charge in [-0.15, -0.1) is 0 Å². The van der Waals surface area contributed by atoms with Crippen molar-refractivity contribution in [2.75, 3.05) is 13.2 Å². The molecule has 3 aromatic carbocycles. The summed E-state index contributed by atoms with van der Waals surface area (Å²) in [6.07, 6.45) is 4.04. The molecule has 0 bridgehead atoms. The quantitative estimate of drug-likeness (QED) is 0.514. The van der Waals surface area contributed by atoms with Crippen molar-refractivity contribution in [1.82, 2.24) is 15.1 Å². The van der Waals surface area contributed by atoms with Crippen molar-refractivity contribution < 1.29 is 9.59 Å². The maximum atomic E-state index is 13.9. The van der Waals surface area contributed by atoms with Gasteiger partial charge in [0, 0.05) is 25.4 Å². The minimum Gasteiger partial charge on any atom is -0.322 e. The van der Waals surface area contributed by atoms with E-state index < -0.39 is 5.54 Å². The number of imide groups is 1. The van der Waals surface area contributed by atoms with Crippen molar-refractivity contribution in [2.45, 2.75) is 43.7 Å². The number of hydrogen-bond acceptors (Lipinski definition) is 3. The van der Waals surface area contributed by atoms with Gasteiger partial charge in [-0.2, -0.15) is 0 Å². The fourth-order valence-corrected chi connectivity index (χ4v) is 5.38. The van der Waals surface area contributed by atoms with Gasteiger partial charge in [0.15, 0.2) is 0 Å². The van der Waals surface area contributed by atoms with Crippen molar-refractivity contribution in [1.29, 1.82) is 0 Å². The van der Waals surface area contributed by atoms with Crippen LogP contribution in [0.2, 0.25) is 0 Å². The standard InChI is InChI=1S/C29H31N3O2/c33-27-29(20-24-13-6-2-7-14-24,21-25-15-8-3-9-16-25)30-28(34)32(27)22-31-18-10-17-26(31)19-23-11-4-1-5-12-23/h1-9,11-16,26H,10,17-22H2,(H,30,34). The van der Waals surface area contributed by atoms with Gasteiger partial charge < -0.3 is 5.32 Å². The minimum absolute atomic E-state index is 0.129. The van der Waals surface area contributed by atoms with Crippen LogP contribution in [-0.4, -0.2) is 46.5 Å². The lowest BCUT2D eigenvalue weighted by atomic mass is 9.84. The molecule has 0 saturated carbocycles. The largest absolute Gasteiger partial charge is 0.326 e. The Morgan fingerprint density at radius 2 is 1.29 bits per heavy atom. The summed E-state index contributed by atoms with van der Waals surface area (Å²) >= 11 is 0. The molecule has 0 radical (unpaired) electrons. The second-order valence-corrected chi connectivity index (χ2v) is 9.51. The number of amides is 3. The summed E-state index contributed by atoms with van der Waals surface area (Å²) in [5, 5.41) is 3.11. The van der Waals surface area contributed by atoms with Crippen LogP contribution in [0.3, 0.4) is 0 Å². The predicted octanol–water partition coefficient (Wildman–Crippen LogP) is 4.43. The molecule has 5 nitrogen and oxygen atoms in total. The van der Waals surface area contributed by atoms with Crippen LogP contribution in [0.4, 0.5) is 4.79 Å². The molecular formula is C29H31N3O2. The molecule has 2 saturated heterocycles. The highest BCUT2D eigenvalue weighted by Gasteiger charge is 2.51. The molecule has 2 aliphatic rings. The molecule has 3 amide bonds. The van der Waals surface area contributed by atoms with Crippen LogP contribution in [0.5, 0.6) is 0 Å². The zero-order chi connectivity index (χ0) is 23.4. The van der Waals surface area contributed by atoms with Crippen LogP contribution in [0.15, 0.2) is 91.0 Å². The van der Waals surface area contributed by atoms with Crippen LogP contribution < -0.4 is 5.32 Å². The van der Waals surface area contributed by atoms with Crippen molar-refractivity contribution in [2.24, 2.45) is 0 Å². The third kappa shape index (κ3) is 4.75. The highest BCUT2D eigenvalue weighted by molar-refractivity contribution is 6.07. The third-order valence-corrected chi connectivity index (χ3v) is 7.08. The first-order chi connectivity index (χ1) is 16.6. The summed E-state index contributed by atoms with van der Waals surface area (Å²) in [7, 11) is 0. The number of nitrogens with zero attached hydrogens (tertiary/aromatic N) is 2. The molecule has 1 atom stereocenters. The zero-order valence-electron chi connectivity index (χ0n) is 19.4. The fourth-order valence-electron chi connectivity index (χ4n) is 5.38. The number of rotatable bonds is 8. The van der Waals surface area contributed by atoms with Gasteiger partial charge in [0.25, 0.3) is 5.91 Å². The molecule has 2 heterocycles. The van der Waals surface area contributed by atoms with E-state index >= 15 is 0 Å². The summed E-state index contributed by atoms with van der Waals surface area (Å²) in [5.41, 5.74) is 2.39. The summed E-state index contributed by atoms with van der Waals surface area (Å²) < 4.78 is 0. The van der Waals surface area contributed by atoms with E-state index in [1.165, 1.54) is 10.5 Å². The number of nitrogens with one attached hydrogen (secondary N) is 1. The van der Waals surface area contributed by atoms with Crippen molar-refractivity contribution in [3.63, 3.8) is 0 Å². The fraction of sp³-hybridized carbons (Fsp3) is 0.310. The number of carbonyl (C=O) groups is 2. The van der Waals surface area contributed by atoms with Crippen LogP contribution >= 0.6 is 0 Å². The maximum Gasteiger partial charge on any atom is 0.326 e. The smallest absolute Gasteiger partial charge is 0.322 e. The molecule has 1 unspecified atom stereocenters. The number of likely N-dealkylation sites (tertiary alicyclic amines) is 1. The van der Waals surface area contributed by atoms with Crippen molar-refractivity contribution in [3.8, 4) is 0 Å². The molecule has 2 aliphatic heterocycles. The Bertz CT molecular complexity index is 1080. The SMILES string of the molecule is O=C1NC(Cc2ccccc2)(Cc2ccccc2)C(=O)N1CN1CCCC1Cc1ccccc1. The monoisotopic (exact) mass is 453 g/mol. The Kier molecular flexibility index (Phi) is 6.45. The second-order valence-electron chi connectivity index (χ2n) is 9.51. The lowest BCUT2D eigenvalue weighted by Gasteiger charge is -2.30. The number of benzene rings is 3. The number of carbonyl (C=O) groups excluding carboxylic acids is 2. The summed E-state index contributed by atoms with van der Waals surface area (Å²) in [5.74, 6) is -0.129.